The van der Waals surface area contributed by atoms with Crippen molar-refractivity contribution < 1.29 is 27.0 Å². The number of alkyl halides is 3. The number of benzene rings is 1. The van der Waals surface area contributed by atoms with E-state index in [4.69, 9.17) is 9.47 Å². The number of aromatic nitrogens is 2. The molecular weight excluding hydrogens is 464 g/mol. The number of halogens is 4. The smallest absolute Gasteiger partial charge is 0.420 e. The SMILES string of the molecule is COc1ccc(F)cc1-c1cc(C(F)(F)F)c(NC2C[C@@H]3CN(CC4CCOCC4)C[C@@H]3C2)nn1. The van der Waals surface area contributed by atoms with Gasteiger partial charge in [-0.1, -0.05) is 0 Å². The molecule has 35 heavy (non-hydrogen) atoms. The minimum absolute atomic E-state index is 0.0832. The summed E-state index contributed by atoms with van der Waals surface area (Å²) in [5, 5.41) is 10.9. The first-order chi connectivity index (χ1) is 16.8. The summed E-state index contributed by atoms with van der Waals surface area (Å²) in [5.74, 6) is 0.984. The molecule has 3 fully saturated rings. The van der Waals surface area contributed by atoms with Crippen molar-refractivity contribution >= 4 is 5.82 Å². The zero-order valence-corrected chi connectivity index (χ0v) is 19.7. The Morgan fingerprint density at radius 2 is 1.80 bits per heavy atom. The van der Waals surface area contributed by atoms with Gasteiger partial charge < -0.3 is 19.7 Å². The molecule has 1 N–H and O–H groups in total. The number of rotatable bonds is 6. The molecule has 2 saturated heterocycles. The minimum Gasteiger partial charge on any atom is -0.496 e. The molecule has 1 aromatic heterocycles. The van der Waals surface area contributed by atoms with Crippen LogP contribution in [0.15, 0.2) is 24.3 Å². The van der Waals surface area contributed by atoms with Crippen LogP contribution in [0, 0.1) is 23.6 Å². The number of hydrogen-bond donors (Lipinski definition) is 1. The Hall–Kier alpha value is -2.46. The zero-order chi connectivity index (χ0) is 24.6. The summed E-state index contributed by atoms with van der Waals surface area (Å²) < 4.78 is 66.3. The number of nitrogens with zero attached hydrogens (tertiary/aromatic N) is 3. The monoisotopic (exact) mass is 494 g/mol. The van der Waals surface area contributed by atoms with Gasteiger partial charge in [-0.2, -0.15) is 13.2 Å². The van der Waals surface area contributed by atoms with Crippen LogP contribution in [0.5, 0.6) is 5.75 Å². The molecule has 3 atom stereocenters. The molecule has 1 saturated carbocycles. The van der Waals surface area contributed by atoms with Gasteiger partial charge >= 0.3 is 6.18 Å². The average Bonchev–Trinajstić information content (AvgIpc) is 3.37. The van der Waals surface area contributed by atoms with Crippen molar-refractivity contribution in [2.24, 2.45) is 17.8 Å². The van der Waals surface area contributed by atoms with Gasteiger partial charge in [0, 0.05) is 44.5 Å². The van der Waals surface area contributed by atoms with Crippen LogP contribution in [0.3, 0.4) is 0 Å². The van der Waals surface area contributed by atoms with E-state index in [9.17, 15) is 17.6 Å². The lowest BCUT2D eigenvalue weighted by atomic mass is 10.00. The number of nitrogens with one attached hydrogen (secondary N) is 1. The topological polar surface area (TPSA) is 59.5 Å². The van der Waals surface area contributed by atoms with Crippen LogP contribution in [0.4, 0.5) is 23.4 Å². The Balaban J connectivity index is 1.28. The van der Waals surface area contributed by atoms with Gasteiger partial charge in [0.25, 0.3) is 0 Å². The molecule has 2 aromatic rings. The van der Waals surface area contributed by atoms with Crippen LogP contribution >= 0.6 is 0 Å². The molecule has 10 heteroatoms. The Morgan fingerprint density at radius 3 is 2.46 bits per heavy atom. The van der Waals surface area contributed by atoms with Gasteiger partial charge in [0.2, 0.25) is 0 Å². The van der Waals surface area contributed by atoms with E-state index in [0.29, 0.717) is 17.8 Å². The summed E-state index contributed by atoms with van der Waals surface area (Å²) in [4.78, 5) is 2.52. The van der Waals surface area contributed by atoms with Gasteiger partial charge in [-0.3, -0.25) is 0 Å². The molecule has 1 aliphatic carbocycles. The molecule has 5 rings (SSSR count). The zero-order valence-electron chi connectivity index (χ0n) is 19.7. The van der Waals surface area contributed by atoms with E-state index in [-0.39, 0.29) is 28.9 Å². The third-order valence-electron chi connectivity index (χ3n) is 7.56. The second kappa shape index (κ2) is 9.89. The second-order valence-electron chi connectivity index (χ2n) is 9.94. The molecule has 3 heterocycles. The molecule has 0 radical (unpaired) electrons. The maximum absolute atomic E-state index is 14.0. The van der Waals surface area contributed by atoms with E-state index in [1.165, 1.54) is 19.2 Å². The molecule has 0 bridgehead atoms. The van der Waals surface area contributed by atoms with E-state index >= 15 is 0 Å². The lowest BCUT2D eigenvalue weighted by molar-refractivity contribution is -0.137. The summed E-state index contributed by atoms with van der Waals surface area (Å²) >= 11 is 0. The highest BCUT2D eigenvalue weighted by Crippen LogP contribution is 2.42. The van der Waals surface area contributed by atoms with E-state index in [1.54, 1.807) is 0 Å². The minimum atomic E-state index is -4.64. The second-order valence-corrected chi connectivity index (χ2v) is 9.94. The van der Waals surface area contributed by atoms with Crippen LogP contribution < -0.4 is 10.1 Å². The van der Waals surface area contributed by atoms with Crippen LogP contribution in [0.2, 0.25) is 0 Å². The first-order valence-corrected chi connectivity index (χ1v) is 12.2. The molecule has 1 aromatic carbocycles. The first-order valence-electron chi connectivity index (χ1n) is 12.2. The Labute approximate surface area is 202 Å². The van der Waals surface area contributed by atoms with Gasteiger partial charge in [0.15, 0.2) is 5.82 Å². The van der Waals surface area contributed by atoms with Gasteiger partial charge in [-0.15, -0.1) is 10.2 Å². The number of fused-ring (bicyclic) bond motifs is 1. The van der Waals surface area contributed by atoms with E-state index < -0.39 is 17.6 Å². The van der Waals surface area contributed by atoms with Gasteiger partial charge in [0.05, 0.1) is 12.8 Å². The number of anilines is 1. The maximum atomic E-state index is 14.0. The normalized spacial score (nSPS) is 25.6. The van der Waals surface area contributed by atoms with Crippen LogP contribution in [0.1, 0.15) is 31.2 Å². The fraction of sp³-hybridized carbons (Fsp3) is 0.600. The molecule has 0 amide bonds. The summed E-state index contributed by atoms with van der Waals surface area (Å²) in [6, 6.07) is 4.46. The van der Waals surface area contributed by atoms with Crippen molar-refractivity contribution in [1.29, 1.82) is 0 Å². The lowest BCUT2D eigenvalue weighted by Gasteiger charge is -2.28. The highest BCUT2D eigenvalue weighted by atomic mass is 19.4. The standard InChI is InChI=1S/C25H30F4N4O2/c1-34-23-3-2-18(26)10-20(23)22-11-21(25(27,28)29)24(32-31-22)30-19-8-16-13-33(14-17(16)9-19)12-15-4-6-35-7-5-15/h2-3,10-11,15-17,19H,4-9,12-14H2,1H3,(H,30,32)/t16-,17+,19?. The molecule has 0 spiro atoms. The predicted molar refractivity (Wildman–Crippen MR) is 123 cm³/mol. The molecule has 2 aliphatic heterocycles. The van der Waals surface area contributed by atoms with Crippen LogP contribution in [0.25, 0.3) is 11.3 Å². The average molecular weight is 495 g/mol. The van der Waals surface area contributed by atoms with Crippen molar-refractivity contribution in [2.45, 2.75) is 37.9 Å². The Kier molecular flexibility index (Phi) is 6.85. The third kappa shape index (κ3) is 5.38. The highest BCUT2D eigenvalue weighted by Gasteiger charge is 2.43. The molecule has 6 nitrogen and oxygen atoms in total. The van der Waals surface area contributed by atoms with Crippen LogP contribution in [-0.4, -0.2) is 61.1 Å². The number of ether oxygens (including phenoxy) is 2. The van der Waals surface area contributed by atoms with E-state index in [0.717, 1.165) is 70.7 Å². The van der Waals surface area contributed by atoms with Gasteiger partial charge in [-0.25, -0.2) is 4.39 Å². The van der Waals surface area contributed by atoms with E-state index in [1.807, 2.05) is 0 Å². The number of methoxy groups -OCH3 is 1. The van der Waals surface area contributed by atoms with Crippen molar-refractivity contribution in [3.8, 4) is 17.0 Å². The molecule has 190 valence electrons. The fourth-order valence-electron chi connectivity index (χ4n) is 5.88. The van der Waals surface area contributed by atoms with E-state index in [2.05, 4.69) is 20.4 Å². The van der Waals surface area contributed by atoms with Gasteiger partial charge in [-0.05, 0) is 67.7 Å². The van der Waals surface area contributed by atoms with Crippen molar-refractivity contribution in [3.63, 3.8) is 0 Å². The quantitative estimate of drug-likeness (QED) is 0.579. The summed E-state index contributed by atoms with van der Waals surface area (Å²) in [7, 11) is 1.37. The summed E-state index contributed by atoms with van der Waals surface area (Å²) in [5.41, 5.74) is -0.879. The van der Waals surface area contributed by atoms with Crippen molar-refractivity contribution in [1.82, 2.24) is 15.1 Å². The summed E-state index contributed by atoms with van der Waals surface area (Å²) in [6.45, 7) is 4.76. The van der Waals surface area contributed by atoms with Crippen LogP contribution in [-0.2, 0) is 10.9 Å². The predicted octanol–water partition coefficient (Wildman–Crippen LogP) is 4.86. The fourth-order valence-corrected chi connectivity index (χ4v) is 5.88. The van der Waals surface area contributed by atoms with Crippen molar-refractivity contribution in [3.05, 3.63) is 35.6 Å². The lowest BCUT2D eigenvalue weighted by Crippen LogP contribution is -2.32. The molecular formula is C25H30F4N4O2. The Bertz CT molecular complexity index is 1030. The highest BCUT2D eigenvalue weighted by molar-refractivity contribution is 5.69. The maximum Gasteiger partial charge on any atom is 0.420 e. The summed E-state index contributed by atoms with van der Waals surface area (Å²) in [6.07, 6.45) is -0.803. The largest absolute Gasteiger partial charge is 0.496 e. The third-order valence-corrected chi connectivity index (χ3v) is 7.56. The molecule has 3 aliphatic rings. The first kappa shape index (κ1) is 24.2. The number of likely N-dealkylation sites (tertiary alicyclic amines) is 1. The van der Waals surface area contributed by atoms with Gasteiger partial charge in [0.1, 0.15) is 17.1 Å². The Morgan fingerprint density at radius 1 is 1.09 bits per heavy atom. The van der Waals surface area contributed by atoms with Crippen molar-refractivity contribution in [2.75, 3.05) is 45.3 Å². The number of hydrogen-bond acceptors (Lipinski definition) is 6. The molecule has 1 unspecified atom stereocenters.